The summed E-state index contributed by atoms with van der Waals surface area (Å²) in [4.78, 5) is 18.7. The maximum Gasteiger partial charge on any atom is 0.266 e. The number of para-hydroxylation sites is 1. The molecule has 1 saturated heterocycles. The van der Waals surface area contributed by atoms with Gasteiger partial charge < -0.3 is 15.2 Å². The molecule has 9 heteroatoms. The lowest BCUT2D eigenvalue weighted by Crippen LogP contribution is -2.46. The van der Waals surface area contributed by atoms with Gasteiger partial charge in [-0.05, 0) is 53.3 Å². The first-order valence-electron chi connectivity index (χ1n) is 13.3. The number of ether oxygens (including phenoxy) is 1. The van der Waals surface area contributed by atoms with Crippen LogP contribution in [0.2, 0.25) is 0 Å². The van der Waals surface area contributed by atoms with Gasteiger partial charge in [0.15, 0.2) is 0 Å². The lowest BCUT2D eigenvalue weighted by Gasteiger charge is -2.34. The Hall–Kier alpha value is -3.34. The molecule has 1 aliphatic rings. The zero-order chi connectivity index (χ0) is 27.0. The van der Waals surface area contributed by atoms with Crippen molar-refractivity contribution in [2.24, 2.45) is 0 Å². The molecule has 204 valence electrons. The van der Waals surface area contributed by atoms with Gasteiger partial charge in [-0.15, -0.1) is 11.3 Å². The number of carbonyl (C=O) groups is 1. The minimum atomic E-state index is -0.0865. The van der Waals surface area contributed by atoms with Crippen molar-refractivity contribution in [1.29, 1.82) is 0 Å². The molecule has 2 aromatic carbocycles. The minimum absolute atomic E-state index is 0.0671. The second-order valence-electron chi connectivity index (χ2n) is 9.75. The fourth-order valence-electron chi connectivity index (χ4n) is 4.81. The van der Waals surface area contributed by atoms with E-state index in [-0.39, 0.29) is 12.5 Å². The molecule has 39 heavy (non-hydrogen) atoms. The Morgan fingerprint density at radius 1 is 1.10 bits per heavy atom. The zero-order valence-corrected chi connectivity index (χ0v) is 23.0. The summed E-state index contributed by atoms with van der Waals surface area (Å²) in [5, 5.41) is 22.6. The normalized spacial score (nSPS) is 14.9. The number of carbonyl (C=O) groups excluding carboxylic acids is 1. The maximum atomic E-state index is 13.1. The van der Waals surface area contributed by atoms with Gasteiger partial charge in [0, 0.05) is 50.3 Å². The van der Waals surface area contributed by atoms with Crippen molar-refractivity contribution >= 4 is 46.0 Å². The number of piperazine rings is 1. The molecule has 3 N–H and O–H groups in total. The van der Waals surface area contributed by atoms with E-state index in [0.29, 0.717) is 13.2 Å². The van der Waals surface area contributed by atoms with Crippen LogP contribution in [-0.2, 0) is 11.3 Å². The number of nitrogens with one attached hydrogen (secondary N) is 2. The number of hydrogen-bond donors (Lipinski definition) is 3. The Morgan fingerprint density at radius 2 is 1.92 bits per heavy atom. The number of amides is 1. The van der Waals surface area contributed by atoms with Gasteiger partial charge in [0.25, 0.3) is 5.91 Å². The predicted octanol–water partition coefficient (Wildman–Crippen LogP) is 4.48. The lowest BCUT2D eigenvalue weighted by atomic mass is 10.1. The zero-order valence-electron chi connectivity index (χ0n) is 22.2. The number of thiophene rings is 1. The van der Waals surface area contributed by atoms with E-state index in [0.717, 1.165) is 83.1 Å². The second-order valence-corrected chi connectivity index (χ2v) is 10.7. The summed E-state index contributed by atoms with van der Waals surface area (Å²) >= 11 is 1.46. The minimum Gasteiger partial charge on any atom is -0.394 e. The summed E-state index contributed by atoms with van der Waals surface area (Å²) in [6, 6.07) is 16.3. The SMILES string of the molecule is Cc1ccsc1C(=O)Nc1cc(CN2CCN(CCOCCO)CC2)ccc1C=Cc1n[nH]c2ccccc12. The molecule has 8 nitrogen and oxygen atoms in total. The Morgan fingerprint density at radius 3 is 2.72 bits per heavy atom. The fourth-order valence-corrected chi connectivity index (χ4v) is 5.63. The third-order valence-electron chi connectivity index (χ3n) is 7.01. The van der Waals surface area contributed by atoms with Crippen molar-refractivity contribution in [2.45, 2.75) is 13.5 Å². The summed E-state index contributed by atoms with van der Waals surface area (Å²) in [6.45, 7) is 8.71. The number of aromatic nitrogens is 2. The third-order valence-corrected chi connectivity index (χ3v) is 8.03. The Labute approximate surface area is 232 Å². The molecule has 0 atom stereocenters. The number of H-pyrrole nitrogens is 1. The molecular weight excluding hydrogens is 510 g/mol. The highest BCUT2D eigenvalue weighted by Crippen LogP contribution is 2.25. The van der Waals surface area contributed by atoms with Gasteiger partial charge in [-0.2, -0.15) is 5.10 Å². The van der Waals surface area contributed by atoms with E-state index in [2.05, 4.69) is 43.5 Å². The number of aromatic amines is 1. The van der Waals surface area contributed by atoms with E-state index < -0.39 is 0 Å². The molecule has 0 radical (unpaired) electrons. The smallest absolute Gasteiger partial charge is 0.266 e. The number of nitrogens with zero attached hydrogens (tertiary/aromatic N) is 3. The fraction of sp³-hybridized carbons (Fsp3) is 0.333. The molecule has 0 aliphatic carbocycles. The van der Waals surface area contributed by atoms with Crippen LogP contribution < -0.4 is 5.32 Å². The van der Waals surface area contributed by atoms with Crippen molar-refractivity contribution < 1.29 is 14.6 Å². The summed E-state index contributed by atoms with van der Waals surface area (Å²) in [7, 11) is 0. The number of aryl methyl sites for hydroxylation is 1. The van der Waals surface area contributed by atoms with Crippen molar-refractivity contribution in [3.63, 3.8) is 0 Å². The quantitative estimate of drug-likeness (QED) is 0.241. The molecule has 0 saturated carbocycles. The maximum absolute atomic E-state index is 13.1. The Bertz CT molecular complexity index is 1420. The molecule has 0 bridgehead atoms. The molecule has 1 aliphatic heterocycles. The summed E-state index contributed by atoms with van der Waals surface area (Å²) in [5.41, 5.74) is 5.72. The van der Waals surface area contributed by atoms with Gasteiger partial charge in [-0.3, -0.25) is 19.7 Å². The van der Waals surface area contributed by atoms with E-state index in [1.54, 1.807) is 0 Å². The van der Waals surface area contributed by atoms with Crippen LogP contribution in [0.25, 0.3) is 23.1 Å². The number of aliphatic hydroxyl groups is 1. The highest BCUT2D eigenvalue weighted by Gasteiger charge is 2.18. The van der Waals surface area contributed by atoms with E-state index in [4.69, 9.17) is 9.84 Å². The van der Waals surface area contributed by atoms with Crippen molar-refractivity contribution in [2.75, 3.05) is 57.9 Å². The molecule has 4 aromatic rings. The molecule has 1 amide bonds. The van der Waals surface area contributed by atoms with Crippen LogP contribution >= 0.6 is 11.3 Å². The number of benzene rings is 2. The first-order chi connectivity index (χ1) is 19.1. The summed E-state index contributed by atoms with van der Waals surface area (Å²) in [5.74, 6) is -0.0865. The molecular formula is C30H35N5O3S. The van der Waals surface area contributed by atoms with Crippen LogP contribution in [0.5, 0.6) is 0 Å². The van der Waals surface area contributed by atoms with Crippen LogP contribution in [0, 0.1) is 6.92 Å². The van der Waals surface area contributed by atoms with Gasteiger partial charge in [0.1, 0.15) is 0 Å². The average Bonchev–Trinajstić information content (AvgIpc) is 3.57. The number of anilines is 1. The predicted molar refractivity (Wildman–Crippen MR) is 158 cm³/mol. The molecule has 5 rings (SSSR count). The summed E-state index contributed by atoms with van der Waals surface area (Å²) in [6.07, 6.45) is 4.00. The van der Waals surface area contributed by atoms with Crippen molar-refractivity contribution in [3.8, 4) is 0 Å². The average molecular weight is 546 g/mol. The first-order valence-corrected chi connectivity index (χ1v) is 14.2. The van der Waals surface area contributed by atoms with Crippen LogP contribution in [0.4, 0.5) is 5.69 Å². The molecule has 0 unspecified atom stereocenters. The standard InChI is InChI=1S/C30H35N5O3S/c1-22-10-19-39-29(22)30(37)31-28-20-23(21-35-13-11-34(12-14-35)15-17-38-18-16-36)6-7-24(28)8-9-27-25-4-2-3-5-26(25)32-33-27/h2-10,19-20,36H,11-18,21H2,1H3,(H,31,37)(H,32,33). The third kappa shape index (κ3) is 7.00. The summed E-state index contributed by atoms with van der Waals surface area (Å²) < 4.78 is 5.41. The largest absolute Gasteiger partial charge is 0.394 e. The topological polar surface area (TPSA) is 93.7 Å². The monoisotopic (exact) mass is 545 g/mol. The van der Waals surface area contributed by atoms with Crippen LogP contribution in [-0.4, -0.2) is 83.6 Å². The van der Waals surface area contributed by atoms with Crippen molar-refractivity contribution in [3.05, 3.63) is 81.2 Å². The Balaban J connectivity index is 1.30. The van der Waals surface area contributed by atoms with Gasteiger partial charge in [0.05, 0.1) is 35.9 Å². The first kappa shape index (κ1) is 27.2. The second kappa shape index (κ2) is 13.1. The highest BCUT2D eigenvalue weighted by molar-refractivity contribution is 7.12. The van der Waals surface area contributed by atoms with Gasteiger partial charge >= 0.3 is 0 Å². The number of aliphatic hydroxyl groups excluding tert-OH is 1. The highest BCUT2D eigenvalue weighted by atomic mass is 32.1. The van der Waals surface area contributed by atoms with E-state index in [1.807, 2.05) is 54.8 Å². The van der Waals surface area contributed by atoms with Crippen LogP contribution in [0.15, 0.2) is 53.9 Å². The molecule has 2 aromatic heterocycles. The van der Waals surface area contributed by atoms with E-state index >= 15 is 0 Å². The van der Waals surface area contributed by atoms with Gasteiger partial charge in [0.2, 0.25) is 0 Å². The molecule has 0 spiro atoms. The van der Waals surface area contributed by atoms with Gasteiger partial charge in [-0.1, -0.05) is 36.4 Å². The van der Waals surface area contributed by atoms with Gasteiger partial charge in [-0.25, -0.2) is 0 Å². The Kier molecular flexibility index (Phi) is 9.18. The van der Waals surface area contributed by atoms with E-state index in [9.17, 15) is 4.79 Å². The van der Waals surface area contributed by atoms with Crippen molar-refractivity contribution in [1.82, 2.24) is 20.0 Å². The number of rotatable bonds is 11. The van der Waals surface area contributed by atoms with E-state index in [1.165, 1.54) is 11.3 Å². The lowest BCUT2D eigenvalue weighted by molar-refractivity contribution is 0.0564. The molecule has 3 heterocycles. The molecule has 1 fully saturated rings. The van der Waals surface area contributed by atoms with Crippen LogP contribution in [0.3, 0.4) is 0 Å². The number of hydrogen-bond acceptors (Lipinski definition) is 7. The number of fused-ring (bicyclic) bond motifs is 1. The van der Waals surface area contributed by atoms with Crippen LogP contribution in [0.1, 0.15) is 32.1 Å².